The molecule has 17 heteroatoms. The van der Waals surface area contributed by atoms with E-state index in [1.54, 1.807) is 36.1 Å². The van der Waals surface area contributed by atoms with Gasteiger partial charge in [-0.15, -0.1) is 0 Å². The third kappa shape index (κ3) is 7.53. The number of carbonyl (C=O) groups is 3. The number of aromatic nitrogens is 5. The van der Waals surface area contributed by atoms with Crippen molar-refractivity contribution >= 4 is 50.5 Å². The number of nitrogens with zero attached hydrogens (tertiary/aromatic N) is 5. The van der Waals surface area contributed by atoms with Gasteiger partial charge in [0.25, 0.3) is 5.91 Å². The molecule has 4 N–H and O–H groups in total. The number of halogens is 4. The van der Waals surface area contributed by atoms with Crippen LogP contribution in [0.4, 0.5) is 13.2 Å². The Morgan fingerprint density at radius 3 is 2.41 bits per heavy atom. The zero-order valence-electron chi connectivity index (χ0n) is 26.3. The summed E-state index contributed by atoms with van der Waals surface area (Å²) >= 11 is 8.81. The average molecular weight is 758 g/mol. The number of alkyl halides is 3. The second-order valence-electron chi connectivity index (χ2n) is 12.0. The minimum absolute atomic E-state index is 0.0102. The van der Waals surface area contributed by atoms with E-state index in [1.165, 1.54) is 6.20 Å². The number of hydrogen-bond donors (Lipinski definition) is 4. The summed E-state index contributed by atoms with van der Waals surface area (Å²) in [5.74, 6) is -0.949. The Bertz CT molecular complexity index is 1880. The molecule has 49 heavy (non-hydrogen) atoms. The number of amides is 3. The molecule has 0 atom stereocenters. The van der Waals surface area contributed by atoms with Gasteiger partial charge in [0.15, 0.2) is 0 Å². The Morgan fingerprint density at radius 1 is 1.02 bits per heavy atom. The van der Waals surface area contributed by atoms with Gasteiger partial charge >= 0.3 is 153 Å². The molecular formula is C32H32AsClF3N9O3. The average Bonchev–Trinajstić information content (AvgIpc) is 3.75. The molecule has 3 amide bonds. The third-order valence-electron chi connectivity index (χ3n) is 8.68. The summed E-state index contributed by atoms with van der Waals surface area (Å²) in [7, 11) is 0. The van der Waals surface area contributed by atoms with Crippen LogP contribution in [0.15, 0.2) is 36.7 Å². The van der Waals surface area contributed by atoms with E-state index in [9.17, 15) is 27.6 Å². The zero-order valence-corrected chi connectivity index (χ0v) is 29.0. The number of aryl methyl sites for hydroxylation is 1. The van der Waals surface area contributed by atoms with Gasteiger partial charge in [0.2, 0.25) is 5.91 Å². The predicted molar refractivity (Wildman–Crippen MR) is 175 cm³/mol. The van der Waals surface area contributed by atoms with E-state index in [0.29, 0.717) is 42.9 Å². The Kier molecular flexibility index (Phi) is 10.1. The van der Waals surface area contributed by atoms with Gasteiger partial charge in [-0.25, -0.2) is 0 Å². The first kappa shape index (κ1) is 34.7. The number of pyridine rings is 1. The summed E-state index contributed by atoms with van der Waals surface area (Å²) in [6.45, 7) is 5.13. The summed E-state index contributed by atoms with van der Waals surface area (Å²) in [6, 6.07) is 6.58. The van der Waals surface area contributed by atoms with E-state index < -0.39 is 17.8 Å². The summed E-state index contributed by atoms with van der Waals surface area (Å²) in [6.07, 6.45) is -0.473. The summed E-state index contributed by atoms with van der Waals surface area (Å²) in [4.78, 5) is 53.6. The molecule has 2 aliphatic rings. The number of benzene rings is 1. The van der Waals surface area contributed by atoms with E-state index in [-0.39, 0.29) is 57.8 Å². The molecule has 4 aromatic rings. The van der Waals surface area contributed by atoms with Crippen LogP contribution in [-0.2, 0) is 17.5 Å². The first-order valence-corrected chi connectivity index (χ1v) is 16.9. The van der Waals surface area contributed by atoms with Crippen LogP contribution in [0.2, 0.25) is 5.02 Å². The number of imidazole rings is 1. The van der Waals surface area contributed by atoms with Crippen LogP contribution in [0.3, 0.4) is 0 Å². The SMILES string of the molecule is Cc1cc([As])cnc1-c1n[nH]c(C(F)(F)F)c1-c1cnc(C(=O)NCc2ccc(C(=O)N3CCN(C(=O)C4CCNCC4)CC3)c(Cl)c2)[nH]1. The third-order valence-corrected chi connectivity index (χ3v) is 9.51. The Hall–Kier alpha value is -4.20. The van der Waals surface area contributed by atoms with E-state index in [0.717, 1.165) is 36.5 Å². The quantitative estimate of drug-likeness (QED) is 0.212. The van der Waals surface area contributed by atoms with Gasteiger partial charge in [-0.1, -0.05) is 17.7 Å². The van der Waals surface area contributed by atoms with Crippen LogP contribution in [0.5, 0.6) is 0 Å². The predicted octanol–water partition coefficient (Wildman–Crippen LogP) is 2.85. The number of aromatic amines is 2. The molecule has 256 valence electrons. The topological polar surface area (TPSA) is 152 Å². The molecule has 1 aromatic carbocycles. The van der Waals surface area contributed by atoms with Gasteiger partial charge in [-0.2, -0.15) is 0 Å². The van der Waals surface area contributed by atoms with Crippen molar-refractivity contribution in [2.24, 2.45) is 5.92 Å². The van der Waals surface area contributed by atoms with Crippen molar-refractivity contribution in [3.63, 3.8) is 0 Å². The number of carbonyl (C=O) groups excluding carboxylic acids is 3. The summed E-state index contributed by atoms with van der Waals surface area (Å²) in [5.41, 5.74) is 0.245. The molecule has 2 radical (unpaired) electrons. The molecule has 5 heterocycles. The maximum atomic E-state index is 14.0. The van der Waals surface area contributed by atoms with Crippen LogP contribution in [0, 0.1) is 12.8 Å². The Balaban J connectivity index is 1.09. The zero-order chi connectivity index (χ0) is 34.9. The van der Waals surface area contributed by atoms with Gasteiger partial charge in [-0.3, -0.25) is 9.59 Å². The number of H-pyrrole nitrogens is 2. The number of nitrogens with one attached hydrogen (secondary N) is 4. The van der Waals surface area contributed by atoms with Gasteiger partial charge in [-0.05, 0) is 43.6 Å². The summed E-state index contributed by atoms with van der Waals surface area (Å²) < 4.78 is 42.7. The van der Waals surface area contributed by atoms with E-state index >= 15 is 0 Å². The number of piperidine rings is 1. The van der Waals surface area contributed by atoms with Crippen molar-refractivity contribution in [1.82, 2.24) is 45.6 Å². The molecule has 0 spiro atoms. The van der Waals surface area contributed by atoms with Crippen molar-refractivity contribution in [2.75, 3.05) is 39.3 Å². The first-order chi connectivity index (χ1) is 23.4. The second kappa shape index (κ2) is 14.3. The van der Waals surface area contributed by atoms with Gasteiger partial charge in [0.05, 0.1) is 10.6 Å². The Morgan fingerprint density at radius 2 is 1.73 bits per heavy atom. The Labute approximate surface area is 293 Å². The van der Waals surface area contributed by atoms with Gasteiger partial charge in [0.1, 0.15) is 0 Å². The van der Waals surface area contributed by atoms with Crippen molar-refractivity contribution in [1.29, 1.82) is 0 Å². The van der Waals surface area contributed by atoms with Crippen LogP contribution in [0.25, 0.3) is 22.6 Å². The molecule has 2 aliphatic heterocycles. The molecule has 3 aromatic heterocycles. The van der Waals surface area contributed by atoms with Crippen LogP contribution >= 0.6 is 11.6 Å². The fourth-order valence-corrected chi connectivity index (χ4v) is 6.90. The van der Waals surface area contributed by atoms with E-state index in [1.807, 2.05) is 4.90 Å². The molecule has 6 rings (SSSR count). The molecule has 0 unspecified atom stereocenters. The molecule has 0 bridgehead atoms. The normalized spacial score (nSPS) is 15.8. The van der Waals surface area contributed by atoms with Crippen LogP contribution < -0.4 is 15.0 Å². The molecular weight excluding hydrogens is 726 g/mol. The molecule has 0 saturated carbocycles. The molecule has 12 nitrogen and oxygen atoms in total. The number of piperazine rings is 1. The number of hydrogen-bond acceptors (Lipinski definition) is 7. The maximum absolute atomic E-state index is 14.0. The standard InChI is InChI=1S/C32H32AsClF3N9O3/c1-17-12-20(33)15-39-25(17)26-24(27(44-43-26)32(35,36)37)23-16-40-28(42-23)29(47)41-14-18-2-3-21(22(34)13-18)31(49)46-10-8-45(9-11-46)30(48)19-4-6-38-7-5-19/h2-3,12-13,15-16,19,38H,4-11,14H2,1H3,(H,40,42)(H,41,47)(H,43,44). The van der Waals surface area contributed by atoms with E-state index in [4.69, 9.17) is 11.6 Å². The fourth-order valence-electron chi connectivity index (χ4n) is 6.09. The van der Waals surface area contributed by atoms with Gasteiger partial charge in [0, 0.05) is 32.1 Å². The van der Waals surface area contributed by atoms with Crippen LogP contribution in [0.1, 0.15) is 50.6 Å². The monoisotopic (exact) mass is 757 g/mol. The van der Waals surface area contributed by atoms with Gasteiger partial charge < -0.3 is 15.1 Å². The molecule has 2 saturated heterocycles. The van der Waals surface area contributed by atoms with Crippen molar-refractivity contribution in [3.05, 3.63) is 69.9 Å². The molecule has 2 fully saturated rings. The molecule has 0 aliphatic carbocycles. The van der Waals surface area contributed by atoms with Crippen LogP contribution in [-0.4, -0.2) is 109 Å². The fraction of sp³-hybridized carbons (Fsp3) is 0.375. The summed E-state index contributed by atoms with van der Waals surface area (Å²) in [5, 5.41) is 12.1. The van der Waals surface area contributed by atoms with E-state index in [2.05, 4.69) is 52.6 Å². The van der Waals surface area contributed by atoms with Crippen molar-refractivity contribution < 1.29 is 27.6 Å². The first-order valence-electron chi connectivity index (χ1n) is 15.6. The number of rotatable bonds is 7. The minimum atomic E-state index is -4.77. The van der Waals surface area contributed by atoms with Crippen molar-refractivity contribution in [2.45, 2.75) is 32.5 Å². The second-order valence-corrected chi connectivity index (χ2v) is 13.5. The van der Waals surface area contributed by atoms with Crippen molar-refractivity contribution in [3.8, 4) is 22.6 Å².